The van der Waals surface area contributed by atoms with Crippen LogP contribution in [0.5, 0.6) is 0 Å². The maximum atomic E-state index is 13.6. The van der Waals surface area contributed by atoms with E-state index in [-0.39, 0.29) is 11.7 Å². The van der Waals surface area contributed by atoms with Crippen LogP contribution in [0.2, 0.25) is 5.02 Å². The molecule has 0 saturated carbocycles. The van der Waals surface area contributed by atoms with Crippen molar-refractivity contribution in [3.05, 3.63) is 107 Å². The molecule has 0 aliphatic rings. The molecule has 0 radical (unpaired) electrons. The number of thioether (sulfide) groups is 1. The third-order valence-corrected chi connectivity index (χ3v) is 6.65. The van der Waals surface area contributed by atoms with Crippen LogP contribution in [0.4, 0.5) is 4.39 Å². The molecule has 4 rings (SSSR count). The zero-order valence-corrected chi connectivity index (χ0v) is 20.7. The standard InChI is InChI=1S/C27H26ClFN4OS/c28-22-11-7-13-24(17-22)33-25(31-32-27(33)35-19-21-10-6-12-23(29)16-21)14-4-5-15-26(34)30-18-20-8-2-1-3-9-20/h1-3,6-13,16-17H,4-5,14-15,18-19H2,(H,30,34). The third-order valence-electron chi connectivity index (χ3n) is 5.41. The van der Waals surface area contributed by atoms with Crippen molar-refractivity contribution in [2.24, 2.45) is 0 Å². The number of carbonyl (C=O) groups is 1. The van der Waals surface area contributed by atoms with Crippen molar-refractivity contribution >= 4 is 29.3 Å². The van der Waals surface area contributed by atoms with E-state index >= 15 is 0 Å². The Morgan fingerprint density at radius 2 is 1.74 bits per heavy atom. The van der Waals surface area contributed by atoms with Crippen molar-refractivity contribution in [2.75, 3.05) is 0 Å². The number of nitrogens with zero attached hydrogens (tertiary/aromatic N) is 3. The number of hydrogen-bond donors (Lipinski definition) is 1. The molecule has 0 bridgehead atoms. The van der Waals surface area contributed by atoms with Gasteiger partial charge in [0.2, 0.25) is 5.91 Å². The number of nitrogens with one attached hydrogen (secondary N) is 1. The Bertz CT molecular complexity index is 1270. The highest BCUT2D eigenvalue weighted by molar-refractivity contribution is 7.98. The van der Waals surface area contributed by atoms with Crippen molar-refractivity contribution in [3.63, 3.8) is 0 Å². The van der Waals surface area contributed by atoms with Crippen molar-refractivity contribution < 1.29 is 9.18 Å². The molecule has 1 N–H and O–H groups in total. The van der Waals surface area contributed by atoms with E-state index in [1.807, 2.05) is 65.2 Å². The van der Waals surface area contributed by atoms with Crippen LogP contribution >= 0.6 is 23.4 Å². The zero-order valence-electron chi connectivity index (χ0n) is 19.2. The molecule has 0 saturated heterocycles. The fraction of sp³-hybridized carbons (Fsp3) is 0.222. The number of hydrogen-bond acceptors (Lipinski definition) is 4. The lowest BCUT2D eigenvalue weighted by atomic mass is 10.1. The van der Waals surface area contributed by atoms with Gasteiger partial charge in [0, 0.05) is 30.2 Å². The van der Waals surface area contributed by atoms with Crippen molar-refractivity contribution in [3.8, 4) is 5.69 Å². The quantitative estimate of drug-likeness (QED) is 0.188. The number of rotatable bonds is 11. The van der Waals surface area contributed by atoms with Crippen LogP contribution in [0.1, 0.15) is 36.2 Å². The molecule has 1 aromatic heterocycles. The van der Waals surface area contributed by atoms with E-state index in [4.69, 9.17) is 11.6 Å². The Morgan fingerprint density at radius 3 is 2.54 bits per heavy atom. The molecular weight excluding hydrogens is 483 g/mol. The van der Waals surface area contributed by atoms with Crippen molar-refractivity contribution in [1.82, 2.24) is 20.1 Å². The van der Waals surface area contributed by atoms with Gasteiger partial charge in [0.05, 0.1) is 5.69 Å². The lowest BCUT2D eigenvalue weighted by Gasteiger charge is -2.11. The predicted octanol–water partition coefficient (Wildman–Crippen LogP) is 6.38. The minimum atomic E-state index is -0.257. The zero-order chi connectivity index (χ0) is 24.5. The maximum Gasteiger partial charge on any atom is 0.220 e. The van der Waals surface area contributed by atoms with Crippen LogP contribution in [0, 0.1) is 5.82 Å². The summed E-state index contributed by atoms with van der Waals surface area (Å²) in [6.07, 6.45) is 2.67. The fourth-order valence-electron chi connectivity index (χ4n) is 3.66. The van der Waals surface area contributed by atoms with Gasteiger partial charge in [-0.25, -0.2) is 4.39 Å². The van der Waals surface area contributed by atoms with Gasteiger partial charge in [-0.3, -0.25) is 9.36 Å². The van der Waals surface area contributed by atoms with E-state index in [2.05, 4.69) is 15.5 Å². The number of halogens is 2. The van der Waals surface area contributed by atoms with Gasteiger partial charge in [-0.15, -0.1) is 10.2 Å². The summed E-state index contributed by atoms with van der Waals surface area (Å²) < 4.78 is 15.6. The summed E-state index contributed by atoms with van der Waals surface area (Å²) in [6.45, 7) is 0.536. The van der Waals surface area contributed by atoms with Gasteiger partial charge in [-0.1, -0.05) is 71.9 Å². The molecule has 0 atom stereocenters. The molecule has 0 aliphatic carbocycles. The second-order valence-corrected chi connectivity index (χ2v) is 9.48. The Kier molecular flexibility index (Phi) is 8.92. The van der Waals surface area contributed by atoms with E-state index in [9.17, 15) is 9.18 Å². The van der Waals surface area contributed by atoms with Crippen molar-refractivity contribution in [2.45, 2.75) is 43.1 Å². The normalized spacial score (nSPS) is 10.9. The first-order chi connectivity index (χ1) is 17.1. The third kappa shape index (κ3) is 7.41. The first-order valence-electron chi connectivity index (χ1n) is 11.5. The number of benzene rings is 3. The minimum absolute atomic E-state index is 0.0384. The molecule has 35 heavy (non-hydrogen) atoms. The molecule has 0 unspecified atom stereocenters. The highest BCUT2D eigenvalue weighted by Gasteiger charge is 2.15. The van der Waals surface area contributed by atoms with Gasteiger partial charge in [-0.05, 0) is 54.3 Å². The Morgan fingerprint density at radius 1 is 0.943 bits per heavy atom. The molecule has 1 heterocycles. The summed E-state index contributed by atoms with van der Waals surface area (Å²) in [7, 11) is 0. The molecule has 5 nitrogen and oxygen atoms in total. The molecule has 3 aromatic carbocycles. The smallest absolute Gasteiger partial charge is 0.220 e. The largest absolute Gasteiger partial charge is 0.352 e. The molecule has 4 aromatic rings. The van der Waals surface area contributed by atoms with Gasteiger partial charge < -0.3 is 5.32 Å². The molecule has 0 fully saturated rings. The Labute approximate surface area is 213 Å². The SMILES string of the molecule is O=C(CCCCc1nnc(SCc2cccc(F)c2)n1-c1cccc(Cl)c1)NCc1ccccc1. The van der Waals surface area contributed by atoms with E-state index in [0.29, 0.717) is 35.3 Å². The summed E-state index contributed by atoms with van der Waals surface area (Å²) in [6, 6.07) is 24.0. The van der Waals surface area contributed by atoms with Gasteiger partial charge in [-0.2, -0.15) is 0 Å². The Hall–Kier alpha value is -3.16. The number of carbonyl (C=O) groups excluding carboxylic acids is 1. The monoisotopic (exact) mass is 508 g/mol. The second-order valence-electron chi connectivity index (χ2n) is 8.10. The van der Waals surface area contributed by atoms with Crippen LogP contribution in [0.15, 0.2) is 84.0 Å². The topological polar surface area (TPSA) is 59.8 Å². The summed E-state index contributed by atoms with van der Waals surface area (Å²) in [5.74, 6) is 1.15. The van der Waals surface area contributed by atoms with Gasteiger partial charge >= 0.3 is 0 Å². The summed E-state index contributed by atoms with van der Waals surface area (Å²) in [4.78, 5) is 12.2. The highest BCUT2D eigenvalue weighted by atomic mass is 35.5. The van der Waals surface area contributed by atoms with Crippen LogP contribution in [-0.4, -0.2) is 20.7 Å². The Balaban J connectivity index is 1.37. The van der Waals surface area contributed by atoms with Gasteiger partial charge in [0.15, 0.2) is 5.16 Å². The van der Waals surface area contributed by atoms with E-state index in [0.717, 1.165) is 35.5 Å². The van der Waals surface area contributed by atoms with Crippen molar-refractivity contribution in [1.29, 1.82) is 0 Å². The average Bonchev–Trinajstić information content (AvgIpc) is 3.27. The van der Waals surface area contributed by atoms with Crippen LogP contribution < -0.4 is 5.32 Å². The first kappa shape index (κ1) is 24.9. The summed E-state index contributed by atoms with van der Waals surface area (Å²) in [5, 5.41) is 13.1. The van der Waals surface area contributed by atoms with Gasteiger partial charge in [0.25, 0.3) is 0 Å². The van der Waals surface area contributed by atoms with E-state index < -0.39 is 0 Å². The van der Waals surface area contributed by atoms with Gasteiger partial charge in [0.1, 0.15) is 11.6 Å². The minimum Gasteiger partial charge on any atom is -0.352 e. The molecule has 180 valence electrons. The number of unbranched alkanes of at least 4 members (excludes halogenated alkanes) is 1. The predicted molar refractivity (Wildman–Crippen MR) is 138 cm³/mol. The summed E-state index contributed by atoms with van der Waals surface area (Å²) >= 11 is 7.74. The molecule has 1 amide bonds. The van der Waals surface area contributed by atoms with Crippen LogP contribution in [-0.2, 0) is 23.5 Å². The van der Waals surface area contributed by atoms with E-state index in [1.54, 1.807) is 6.07 Å². The summed E-state index contributed by atoms with van der Waals surface area (Å²) in [5.41, 5.74) is 2.83. The van der Waals surface area contributed by atoms with E-state index in [1.165, 1.54) is 23.9 Å². The lowest BCUT2D eigenvalue weighted by molar-refractivity contribution is -0.121. The van der Waals surface area contributed by atoms with Crippen LogP contribution in [0.25, 0.3) is 5.69 Å². The molecule has 8 heteroatoms. The number of amides is 1. The number of aromatic nitrogens is 3. The molecule has 0 spiro atoms. The highest BCUT2D eigenvalue weighted by Crippen LogP contribution is 2.27. The fourth-order valence-corrected chi connectivity index (χ4v) is 4.76. The maximum absolute atomic E-state index is 13.6. The molecule has 0 aliphatic heterocycles. The van der Waals surface area contributed by atoms with Crippen LogP contribution in [0.3, 0.4) is 0 Å². The second kappa shape index (κ2) is 12.5. The first-order valence-corrected chi connectivity index (χ1v) is 12.8. The molecular formula is C27H26ClFN4OS. The number of aryl methyl sites for hydroxylation is 1. The lowest BCUT2D eigenvalue weighted by Crippen LogP contribution is -2.22. The average molecular weight is 509 g/mol.